The topological polar surface area (TPSA) is 107 Å². The Bertz CT molecular complexity index is 817. The number of carbonyl (C=O) groups excluding carboxylic acids is 1. The molecule has 0 aliphatic carbocycles. The monoisotopic (exact) mass is 356 g/mol. The molecule has 122 valence electrons. The highest BCUT2D eigenvalue weighted by Gasteiger charge is 2.29. The van der Waals surface area contributed by atoms with Crippen LogP contribution in [-0.4, -0.2) is 33.0 Å². The molecular formula is C13H12N2O6S2. The van der Waals surface area contributed by atoms with E-state index in [9.17, 15) is 23.3 Å². The Labute approximate surface area is 136 Å². The van der Waals surface area contributed by atoms with Gasteiger partial charge in [-0.1, -0.05) is 12.1 Å². The van der Waals surface area contributed by atoms with E-state index in [0.717, 1.165) is 28.8 Å². The molecule has 0 atom stereocenters. The Morgan fingerprint density at radius 2 is 2.09 bits per heavy atom. The molecule has 23 heavy (non-hydrogen) atoms. The molecule has 0 aliphatic heterocycles. The van der Waals surface area contributed by atoms with Crippen molar-refractivity contribution in [2.45, 2.75) is 4.21 Å². The molecule has 1 aromatic carbocycles. The largest absolute Gasteiger partial charge is 0.468 e. The van der Waals surface area contributed by atoms with Crippen molar-refractivity contribution in [3.05, 3.63) is 51.9 Å². The molecule has 8 nitrogen and oxygen atoms in total. The molecule has 0 spiro atoms. The molecule has 0 radical (unpaired) electrons. The molecular weight excluding hydrogens is 344 g/mol. The number of benzene rings is 1. The minimum Gasteiger partial charge on any atom is -0.468 e. The van der Waals surface area contributed by atoms with E-state index in [0.29, 0.717) is 0 Å². The molecule has 1 heterocycles. The predicted molar refractivity (Wildman–Crippen MR) is 84.0 cm³/mol. The lowest BCUT2D eigenvalue weighted by molar-refractivity contribution is -0.384. The maximum Gasteiger partial charge on any atom is 0.326 e. The molecule has 0 unspecified atom stereocenters. The summed E-state index contributed by atoms with van der Waals surface area (Å²) in [6, 6.07) is 8.00. The quantitative estimate of drug-likeness (QED) is 0.445. The average molecular weight is 356 g/mol. The van der Waals surface area contributed by atoms with Crippen LogP contribution < -0.4 is 4.31 Å². The number of rotatable bonds is 6. The van der Waals surface area contributed by atoms with E-state index in [1.54, 1.807) is 11.4 Å². The van der Waals surface area contributed by atoms with Crippen LogP contribution in [0.15, 0.2) is 46.0 Å². The zero-order valence-electron chi connectivity index (χ0n) is 11.9. The lowest BCUT2D eigenvalue weighted by Crippen LogP contribution is -2.36. The van der Waals surface area contributed by atoms with Gasteiger partial charge in [-0.25, -0.2) is 8.42 Å². The maximum atomic E-state index is 12.7. The second-order valence-corrected chi connectivity index (χ2v) is 7.33. The van der Waals surface area contributed by atoms with Crippen LogP contribution in [0.5, 0.6) is 0 Å². The summed E-state index contributed by atoms with van der Waals surface area (Å²) in [6.45, 7) is -0.585. The SMILES string of the molecule is COC(=O)CN(c1cccc([N+](=O)[O-])c1)S(=O)(=O)c1cccs1. The number of anilines is 1. The third kappa shape index (κ3) is 3.66. The van der Waals surface area contributed by atoms with E-state index >= 15 is 0 Å². The van der Waals surface area contributed by atoms with E-state index in [1.807, 2.05) is 0 Å². The molecule has 0 saturated heterocycles. The second kappa shape index (κ2) is 6.75. The minimum absolute atomic E-state index is 0.0120. The van der Waals surface area contributed by atoms with Crippen molar-refractivity contribution in [1.82, 2.24) is 0 Å². The van der Waals surface area contributed by atoms with E-state index in [2.05, 4.69) is 4.74 Å². The smallest absolute Gasteiger partial charge is 0.326 e. The van der Waals surface area contributed by atoms with Gasteiger partial charge in [0.05, 0.1) is 17.7 Å². The summed E-state index contributed by atoms with van der Waals surface area (Å²) in [7, 11) is -2.90. The molecule has 0 amide bonds. The number of non-ortho nitro benzene ring substituents is 1. The molecule has 2 aromatic rings. The van der Waals surface area contributed by atoms with E-state index in [4.69, 9.17) is 0 Å². The summed E-state index contributed by atoms with van der Waals surface area (Å²) >= 11 is 0.982. The second-order valence-electron chi connectivity index (χ2n) is 4.30. The van der Waals surface area contributed by atoms with Gasteiger partial charge in [-0.05, 0) is 17.5 Å². The fraction of sp³-hybridized carbons (Fsp3) is 0.154. The number of esters is 1. The first-order valence-corrected chi connectivity index (χ1v) is 8.55. The normalized spacial score (nSPS) is 11.0. The van der Waals surface area contributed by atoms with E-state index in [-0.39, 0.29) is 15.6 Å². The van der Waals surface area contributed by atoms with Gasteiger partial charge in [0.25, 0.3) is 15.7 Å². The van der Waals surface area contributed by atoms with Crippen molar-refractivity contribution in [3.8, 4) is 0 Å². The van der Waals surface area contributed by atoms with Crippen LogP contribution in [0.1, 0.15) is 0 Å². The fourth-order valence-corrected chi connectivity index (χ4v) is 4.28. The summed E-state index contributed by atoms with van der Waals surface area (Å²) in [5, 5.41) is 12.5. The van der Waals surface area contributed by atoms with Gasteiger partial charge < -0.3 is 4.74 Å². The average Bonchev–Trinajstić information content (AvgIpc) is 3.07. The van der Waals surface area contributed by atoms with E-state index < -0.39 is 27.5 Å². The third-order valence-corrected chi connectivity index (χ3v) is 6.02. The summed E-state index contributed by atoms with van der Waals surface area (Å²) in [6.07, 6.45) is 0. The van der Waals surface area contributed by atoms with E-state index in [1.165, 1.54) is 24.3 Å². The number of ether oxygens (including phenoxy) is 1. The lowest BCUT2D eigenvalue weighted by atomic mass is 10.3. The van der Waals surface area contributed by atoms with Crippen molar-refractivity contribution < 1.29 is 22.9 Å². The fourth-order valence-electron chi connectivity index (χ4n) is 1.78. The number of nitro benzene ring substituents is 1. The van der Waals surface area contributed by atoms with Gasteiger partial charge in [-0.2, -0.15) is 0 Å². The number of thiophene rings is 1. The van der Waals surface area contributed by atoms with Crippen molar-refractivity contribution >= 4 is 38.7 Å². The van der Waals surface area contributed by atoms with Crippen LogP contribution in [0.4, 0.5) is 11.4 Å². The summed E-state index contributed by atoms with van der Waals surface area (Å²) in [4.78, 5) is 21.8. The van der Waals surface area contributed by atoms with Crippen LogP contribution in [0.25, 0.3) is 0 Å². The first kappa shape index (κ1) is 16.9. The van der Waals surface area contributed by atoms with Gasteiger partial charge in [0, 0.05) is 12.1 Å². The van der Waals surface area contributed by atoms with Gasteiger partial charge >= 0.3 is 5.97 Å². The molecule has 0 saturated carbocycles. The summed E-state index contributed by atoms with van der Waals surface area (Å²) < 4.78 is 30.7. The zero-order chi connectivity index (χ0) is 17.0. The van der Waals surface area contributed by atoms with Crippen molar-refractivity contribution in [2.75, 3.05) is 18.0 Å². The molecule has 0 N–H and O–H groups in total. The Morgan fingerprint density at radius 3 is 2.65 bits per heavy atom. The van der Waals surface area contributed by atoms with Crippen LogP contribution >= 0.6 is 11.3 Å². The van der Waals surface area contributed by atoms with Gasteiger partial charge in [0.2, 0.25) is 0 Å². The standard InChI is InChI=1S/C13H12N2O6S2/c1-21-12(16)9-14(23(19,20)13-6-3-7-22-13)10-4-2-5-11(8-10)15(17)18/h2-8H,9H2,1H3. The Kier molecular flexibility index (Phi) is 4.96. The van der Waals surface area contributed by atoms with Crippen LogP contribution in [0, 0.1) is 10.1 Å². The van der Waals surface area contributed by atoms with Gasteiger partial charge in [-0.3, -0.25) is 19.2 Å². The van der Waals surface area contributed by atoms with Crippen molar-refractivity contribution in [2.24, 2.45) is 0 Å². The minimum atomic E-state index is -4.03. The van der Waals surface area contributed by atoms with Crippen LogP contribution in [0.2, 0.25) is 0 Å². The Morgan fingerprint density at radius 1 is 1.35 bits per heavy atom. The molecule has 1 aromatic heterocycles. The number of carbonyl (C=O) groups is 1. The van der Waals surface area contributed by atoms with Crippen molar-refractivity contribution in [3.63, 3.8) is 0 Å². The highest BCUT2D eigenvalue weighted by molar-refractivity contribution is 7.94. The molecule has 2 rings (SSSR count). The van der Waals surface area contributed by atoms with Gasteiger partial charge in [0.15, 0.2) is 0 Å². The van der Waals surface area contributed by atoms with Crippen LogP contribution in [0.3, 0.4) is 0 Å². The van der Waals surface area contributed by atoms with Crippen molar-refractivity contribution in [1.29, 1.82) is 0 Å². The number of hydrogen-bond donors (Lipinski definition) is 0. The Hall–Kier alpha value is -2.46. The van der Waals surface area contributed by atoms with Gasteiger partial charge in [0.1, 0.15) is 10.8 Å². The molecule has 10 heteroatoms. The first-order chi connectivity index (χ1) is 10.9. The van der Waals surface area contributed by atoms with Crippen LogP contribution in [-0.2, 0) is 19.6 Å². The number of methoxy groups -OCH3 is 1. The summed E-state index contributed by atoms with van der Waals surface area (Å²) in [5.74, 6) is -0.781. The predicted octanol–water partition coefficient (Wildman–Crippen LogP) is 2.02. The number of nitrogens with zero attached hydrogens (tertiary/aromatic N) is 2. The number of hydrogen-bond acceptors (Lipinski definition) is 7. The zero-order valence-corrected chi connectivity index (χ0v) is 13.5. The Balaban J connectivity index is 2.53. The third-order valence-electron chi connectivity index (χ3n) is 2.87. The first-order valence-electron chi connectivity index (χ1n) is 6.24. The maximum absolute atomic E-state index is 12.7. The molecule has 0 aliphatic rings. The molecule has 0 bridgehead atoms. The number of sulfonamides is 1. The summed E-state index contributed by atoms with van der Waals surface area (Å²) in [5.41, 5.74) is -0.267. The van der Waals surface area contributed by atoms with Gasteiger partial charge in [-0.15, -0.1) is 11.3 Å². The number of nitro groups is 1. The molecule has 0 fully saturated rings. The lowest BCUT2D eigenvalue weighted by Gasteiger charge is -2.22. The highest BCUT2D eigenvalue weighted by Crippen LogP contribution is 2.28. The highest BCUT2D eigenvalue weighted by atomic mass is 32.2.